The number of thiophene rings is 1. The molecule has 5 heteroatoms. The highest BCUT2D eigenvalue weighted by atomic mass is 79.9. The third kappa shape index (κ3) is 3.59. The third-order valence-electron chi connectivity index (χ3n) is 2.79. The first-order valence-corrected chi connectivity index (χ1v) is 7.72. The van der Waals surface area contributed by atoms with Crippen molar-refractivity contribution >= 4 is 50.3 Å². The Morgan fingerprint density at radius 3 is 2.63 bits per heavy atom. The Morgan fingerprint density at radius 1 is 1.37 bits per heavy atom. The molecule has 1 aromatic carbocycles. The lowest BCUT2D eigenvalue weighted by atomic mass is 10.1. The van der Waals surface area contributed by atoms with Crippen LogP contribution in [0.5, 0.6) is 0 Å². The van der Waals surface area contributed by atoms with Crippen molar-refractivity contribution in [2.24, 2.45) is 0 Å². The summed E-state index contributed by atoms with van der Waals surface area (Å²) in [4.78, 5) is 14.7. The van der Waals surface area contributed by atoms with Gasteiger partial charge in [0, 0.05) is 22.0 Å². The maximum Gasteiger partial charge on any atom is 0.159 e. The molecular formula is C14H13BrClNOS. The fourth-order valence-electron chi connectivity index (χ4n) is 1.79. The molecule has 0 saturated carbocycles. The summed E-state index contributed by atoms with van der Waals surface area (Å²) in [7, 11) is 2.02. The predicted molar refractivity (Wildman–Crippen MR) is 85.6 cm³/mol. The number of benzene rings is 1. The Kier molecular flexibility index (Phi) is 4.66. The monoisotopic (exact) mass is 357 g/mol. The highest BCUT2D eigenvalue weighted by Crippen LogP contribution is 2.29. The predicted octanol–water partition coefficient (Wildman–Crippen LogP) is 5.00. The van der Waals surface area contributed by atoms with Crippen LogP contribution < -0.4 is 4.90 Å². The lowest BCUT2D eigenvalue weighted by molar-refractivity contribution is 0.101. The molecule has 0 amide bonds. The van der Waals surface area contributed by atoms with Crippen LogP contribution >= 0.6 is 38.9 Å². The number of hydrogen-bond acceptors (Lipinski definition) is 3. The summed E-state index contributed by atoms with van der Waals surface area (Å²) in [6, 6.07) is 9.59. The topological polar surface area (TPSA) is 20.3 Å². The molecule has 0 spiro atoms. The van der Waals surface area contributed by atoms with Crippen molar-refractivity contribution in [3.8, 4) is 0 Å². The molecule has 2 nitrogen and oxygen atoms in total. The van der Waals surface area contributed by atoms with Gasteiger partial charge < -0.3 is 4.90 Å². The van der Waals surface area contributed by atoms with Crippen molar-refractivity contribution in [1.82, 2.24) is 0 Å². The van der Waals surface area contributed by atoms with E-state index in [2.05, 4.69) is 20.8 Å². The Bertz CT molecular complexity index is 611. The number of anilines is 1. The van der Waals surface area contributed by atoms with Crippen molar-refractivity contribution in [1.29, 1.82) is 0 Å². The number of carbonyl (C=O) groups excluding carboxylic acids is 1. The molecule has 1 heterocycles. The SMILES string of the molecule is CC(=O)c1ccc(N(C)Cc2ccc(Cl)s2)c(Br)c1. The molecule has 0 unspecified atom stereocenters. The summed E-state index contributed by atoms with van der Waals surface area (Å²) in [5.41, 5.74) is 1.76. The highest BCUT2D eigenvalue weighted by Gasteiger charge is 2.10. The minimum atomic E-state index is 0.0694. The quantitative estimate of drug-likeness (QED) is 0.717. The van der Waals surface area contributed by atoms with Crippen LogP contribution in [0, 0.1) is 0 Å². The van der Waals surface area contributed by atoms with Gasteiger partial charge >= 0.3 is 0 Å². The second kappa shape index (κ2) is 6.07. The van der Waals surface area contributed by atoms with Crippen molar-refractivity contribution in [3.63, 3.8) is 0 Å². The van der Waals surface area contributed by atoms with E-state index in [0.717, 1.165) is 21.0 Å². The number of hydrogen-bond donors (Lipinski definition) is 0. The number of carbonyl (C=O) groups is 1. The van der Waals surface area contributed by atoms with Crippen molar-refractivity contribution in [2.75, 3.05) is 11.9 Å². The van der Waals surface area contributed by atoms with Gasteiger partial charge in [0.05, 0.1) is 16.6 Å². The van der Waals surface area contributed by atoms with Gasteiger partial charge in [-0.3, -0.25) is 4.79 Å². The summed E-state index contributed by atoms with van der Waals surface area (Å²) in [5, 5.41) is 0. The van der Waals surface area contributed by atoms with Gasteiger partial charge in [-0.05, 0) is 53.2 Å². The fraction of sp³-hybridized carbons (Fsp3) is 0.214. The van der Waals surface area contributed by atoms with E-state index >= 15 is 0 Å². The second-order valence-corrected chi connectivity index (χ2v) is 6.94. The third-order valence-corrected chi connectivity index (χ3v) is 4.64. The maximum absolute atomic E-state index is 11.3. The lowest BCUT2D eigenvalue weighted by Crippen LogP contribution is -2.16. The first-order valence-electron chi connectivity index (χ1n) is 5.73. The number of ketones is 1. The first kappa shape index (κ1) is 14.6. The van der Waals surface area contributed by atoms with Crippen molar-refractivity contribution < 1.29 is 4.79 Å². The Hall–Kier alpha value is -0.840. The van der Waals surface area contributed by atoms with E-state index in [0.29, 0.717) is 5.56 Å². The van der Waals surface area contributed by atoms with E-state index in [9.17, 15) is 4.79 Å². The zero-order valence-corrected chi connectivity index (χ0v) is 13.8. The van der Waals surface area contributed by atoms with Crippen LogP contribution in [0.25, 0.3) is 0 Å². The van der Waals surface area contributed by atoms with Crippen LogP contribution in [-0.4, -0.2) is 12.8 Å². The lowest BCUT2D eigenvalue weighted by Gasteiger charge is -2.20. The summed E-state index contributed by atoms with van der Waals surface area (Å²) >= 11 is 11.0. The van der Waals surface area contributed by atoms with Gasteiger partial charge in [-0.15, -0.1) is 11.3 Å². The van der Waals surface area contributed by atoms with Gasteiger partial charge in [0.25, 0.3) is 0 Å². The molecular weight excluding hydrogens is 346 g/mol. The van der Waals surface area contributed by atoms with Gasteiger partial charge in [-0.1, -0.05) is 11.6 Å². The number of Topliss-reactive ketones (excluding diaryl/α,β-unsaturated/α-hetero) is 1. The molecule has 0 fully saturated rings. The number of nitrogens with zero attached hydrogens (tertiary/aromatic N) is 1. The van der Waals surface area contributed by atoms with E-state index in [1.54, 1.807) is 18.3 Å². The van der Waals surface area contributed by atoms with E-state index < -0.39 is 0 Å². The number of halogens is 2. The normalized spacial score (nSPS) is 10.5. The summed E-state index contributed by atoms with van der Waals surface area (Å²) in [6.07, 6.45) is 0. The van der Waals surface area contributed by atoms with E-state index in [1.807, 2.05) is 37.4 Å². The Balaban J connectivity index is 2.19. The average molecular weight is 359 g/mol. The Labute approximate surface area is 130 Å². The van der Waals surface area contributed by atoms with Gasteiger partial charge in [0.2, 0.25) is 0 Å². The van der Waals surface area contributed by atoms with Crippen LogP contribution in [0.15, 0.2) is 34.8 Å². The number of rotatable bonds is 4. The molecule has 1 aromatic heterocycles. The Morgan fingerprint density at radius 2 is 2.11 bits per heavy atom. The standard InChI is InChI=1S/C14H13BrClNOS/c1-9(18)10-3-5-13(12(15)7-10)17(2)8-11-4-6-14(16)19-11/h3-7H,8H2,1-2H3. The molecule has 0 N–H and O–H groups in total. The van der Waals surface area contributed by atoms with Crippen LogP contribution in [0.1, 0.15) is 22.2 Å². The molecule has 0 saturated heterocycles. The van der Waals surface area contributed by atoms with Crippen LogP contribution in [0.2, 0.25) is 4.34 Å². The van der Waals surface area contributed by atoms with Gasteiger partial charge in [-0.25, -0.2) is 0 Å². The zero-order chi connectivity index (χ0) is 14.0. The molecule has 2 aromatic rings. The average Bonchev–Trinajstić information content (AvgIpc) is 2.74. The molecule has 0 radical (unpaired) electrons. The van der Waals surface area contributed by atoms with Crippen molar-refractivity contribution in [3.05, 3.63) is 49.6 Å². The summed E-state index contributed by atoms with van der Waals surface area (Å²) in [6.45, 7) is 2.36. The van der Waals surface area contributed by atoms with E-state index in [1.165, 1.54) is 4.88 Å². The maximum atomic E-state index is 11.3. The van der Waals surface area contributed by atoms with Crippen LogP contribution in [0.3, 0.4) is 0 Å². The van der Waals surface area contributed by atoms with Crippen LogP contribution in [0.4, 0.5) is 5.69 Å². The zero-order valence-electron chi connectivity index (χ0n) is 10.6. The molecule has 19 heavy (non-hydrogen) atoms. The molecule has 0 aliphatic rings. The second-order valence-electron chi connectivity index (χ2n) is 4.28. The van der Waals surface area contributed by atoms with E-state index in [-0.39, 0.29) is 5.78 Å². The summed E-state index contributed by atoms with van der Waals surface area (Å²) in [5.74, 6) is 0.0694. The molecule has 0 atom stereocenters. The largest absolute Gasteiger partial charge is 0.369 e. The first-order chi connectivity index (χ1) is 8.97. The molecule has 0 aliphatic heterocycles. The fourth-order valence-corrected chi connectivity index (χ4v) is 3.61. The molecule has 100 valence electrons. The van der Waals surface area contributed by atoms with Gasteiger partial charge in [0.1, 0.15) is 0 Å². The van der Waals surface area contributed by atoms with E-state index in [4.69, 9.17) is 11.6 Å². The van der Waals surface area contributed by atoms with Crippen LogP contribution in [-0.2, 0) is 6.54 Å². The molecule has 2 rings (SSSR count). The van der Waals surface area contributed by atoms with Gasteiger partial charge in [-0.2, -0.15) is 0 Å². The minimum absolute atomic E-state index is 0.0694. The van der Waals surface area contributed by atoms with Crippen molar-refractivity contribution in [2.45, 2.75) is 13.5 Å². The van der Waals surface area contributed by atoms with Gasteiger partial charge in [0.15, 0.2) is 5.78 Å². The molecule has 0 bridgehead atoms. The minimum Gasteiger partial charge on any atom is -0.369 e. The smallest absolute Gasteiger partial charge is 0.159 e. The molecule has 0 aliphatic carbocycles. The highest BCUT2D eigenvalue weighted by molar-refractivity contribution is 9.10. The summed E-state index contributed by atoms with van der Waals surface area (Å²) < 4.78 is 1.72.